The third kappa shape index (κ3) is 2.08. The number of carboxylic acids is 1. The van der Waals surface area contributed by atoms with E-state index in [9.17, 15) is 4.79 Å². The predicted octanol–water partition coefficient (Wildman–Crippen LogP) is 2.48. The number of halogens is 1. The molecule has 0 spiro atoms. The van der Waals surface area contributed by atoms with E-state index in [2.05, 4.69) is 27.7 Å². The Morgan fingerprint density at radius 3 is 2.50 bits per heavy atom. The molecule has 2 rings (SSSR count). The second-order valence-corrected chi connectivity index (χ2v) is 4.63. The summed E-state index contributed by atoms with van der Waals surface area (Å²) < 4.78 is 2.71. The fraction of sp³-hybridized carbons (Fsp3) is 0.0909. The lowest BCUT2D eigenvalue weighted by Gasteiger charge is -2.00. The molecule has 0 saturated heterocycles. The van der Waals surface area contributed by atoms with E-state index >= 15 is 0 Å². The first-order valence-electron chi connectivity index (χ1n) is 4.63. The fourth-order valence-electron chi connectivity index (χ4n) is 1.40. The summed E-state index contributed by atoms with van der Waals surface area (Å²) in [6.07, 6.45) is 1.71. The summed E-state index contributed by atoms with van der Waals surface area (Å²) in [6.45, 7) is 1.74. The normalized spacial score (nSPS) is 10.4. The van der Waals surface area contributed by atoms with Gasteiger partial charge in [0, 0.05) is 15.3 Å². The SMILES string of the molecule is Cc1cn(-c2ccc(I)cc2)nc1C(=O)O. The Labute approximate surface area is 106 Å². The number of aromatic nitrogens is 2. The van der Waals surface area contributed by atoms with Gasteiger partial charge < -0.3 is 5.11 Å². The highest BCUT2D eigenvalue weighted by molar-refractivity contribution is 14.1. The monoisotopic (exact) mass is 328 g/mol. The van der Waals surface area contributed by atoms with Gasteiger partial charge in [-0.2, -0.15) is 5.10 Å². The van der Waals surface area contributed by atoms with Gasteiger partial charge in [-0.05, 0) is 53.8 Å². The molecule has 2 aromatic rings. The van der Waals surface area contributed by atoms with Crippen molar-refractivity contribution in [3.05, 3.63) is 45.3 Å². The van der Waals surface area contributed by atoms with Gasteiger partial charge in [0.2, 0.25) is 0 Å². The van der Waals surface area contributed by atoms with Crippen molar-refractivity contribution in [2.75, 3.05) is 0 Å². The summed E-state index contributed by atoms with van der Waals surface area (Å²) in [5.41, 5.74) is 1.61. The van der Waals surface area contributed by atoms with Crippen molar-refractivity contribution in [2.45, 2.75) is 6.92 Å². The smallest absolute Gasteiger partial charge is 0.356 e. The minimum Gasteiger partial charge on any atom is -0.476 e. The average Bonchev–Trinajstić information content (AvgIpc) is 2.61. The molecule has 1 aromatic heterocycles. The summed E-state index contributed by atoms with van der Waals surface area (Å²) in [5.74, 6) is -0.998. The van der Waals surface area contributed by atoms with E-state index in [1.54, 1.807) is 17.8 Å². The van der Waals surface area contributed by atoms with Crippen LogP contribution in [0.2, 0.25) is 0 Å². The third-order valence-electron chi connectivity index (χ3n) is 2.19. The highest BCUT2D eigenvalue weighted by atomic mass is 127. The molecule has 0 aliphatic heterocycles. The summed E-state index contributed by atoms with van der Waals surface area (Å²) in [5, 5.41) is 12.9. The van der Waals surface area contributed by atoms with Gasteiger partial charge in [0.1, 0.15) is 0 Å². The van der Waals surface area contributed by atoms with Gasteiger partial charge in [-0.15, -0.1) is 0 Å². The standard InChI is InChI=1S/C11H9IN2O2/c1-7-6-14(13-10(7)11(15)16)9-4-2-8(12)3-5-9/h2-6H,1H3,(H,15,16). The Kier molecular flexibility index (Phi) is 2.95. The summed E-state index contributed by atoms with van der Waals surface area (Å²) in [4.78, 5) is 10.8. The van der Waals surface area contributed by atoms with Gasteiger partial charge in [0.25, 0.3) is 0 Å². The Bertz CT molecular complexity index is 531. The van der Waals surface area contributed by atoms with E-state index in [0.717, 1.165) is 9.26 Å². The zero-order chi connectivity index (χ0) is 11.7. The first-order chi connectivity index (χ1) is 7.58. The van der Waals surface area contributed by atoms with E-state index in [4.69, 9.17) is 5.11 Å². The molecule has 0 saturated carbocycles. The molecule has 1 N–H and O–H groups in total. The van der Waals surface area contributed by atoms with Crippen molar-refractivity contribution in [3.8, 4) is 5.69 Å². The van der Waals surface area contributed by atoms with Gasteiger partial charge in [-0.3, -0.25) is 0 Å². The lowest BCUT2D eigenvalue weighted by Crippen LogP contribution is -2.01. The van der Waals surface area contributed by atoms with Crippen LogP contribution in [-0.2, 0) is 0 Å². The maximum absolute atomic E-state index is 10.8. The molecule has 0 fully saturated rings. The molecule has 0 aliphatic rings. The maximum atomic E-state index is 10.8. The minimum atomic E-state index is -0.998. The van der Waals surface area contributed by atoms with Crippen LogP contribution >= 0.6 is 22.6 Å². The molecule has 4 nitrogen and oxygen atoms in total. The lowest BCUT2D eigenvalue weighted by atomic mass is 10.3. The summed E-state index contributed by atoms with van der Waals surface area (Å²) in [6, 6.07) is 7.71. The largest absolute Gasteiger partial charge is 0.476 e. The average molecular weight is 328 g/mol. The second-order valence-electron chi connectivity index (χ2n) is 3.39. The van der Waals surface area contributed by atoms with E-state index < -0.39 is 5.97 Å². The number of aromatic carboxylic acids is 1. The first kappa shape index (κ1) is 11.1. The summed E-state index contributed by atoms with van der Waals surface area (Å²) in [7, 11) is 0. The topological polar surface area (TPSA) is 55.1 Å². The zero-order valence-electron chi connectivity index (χ0n) is 8.51. The molecular weight excluding hydrogens is 319 g/mol. The van der Waals surface area contributed by atoms with Crippen LogP contribution in [0.15, 0.2) is 30.5 Å². The van der Waals surface area contributed by atoms with Gasteiger partial charge in [-0.1, -0.05) is 0 Å². The minimum absolute atomic E-state index is 0.0959. The molecule has 82 valence electrons. The Morgan fingerprint density at radius 2 is 2.00 bits per heavy atom. The number of hydrogen-bond donors (Lipinski definition) is 1. The van der Waals surface area contributed by atoms with Crippen molar-refractivity contribution in [1.29, 1.82) is 0 Å². The van der Waals surface area contributed by atoms with Crippen LogP contribution < -0.4 is 0 Å². The van der Waals surface area contributed by atoms with Crippen molar-refractivity contribution >= 4 is 28.6 Å². The van der Waals surface area contributed by atoms with Crippen LogP contribution in [0.3, 0.4) is 0 Å². The van der Waals surface area contributed by atoms with E-state index in [1.165, 1.54) is 0 Å². The Morgan fingerprint density at radius 1 is 1.38 bits per heavy atom. The van der Waals surface area contributed by atoms with Crippen molar-refractivity contribution in [1.82, 2.24) is 9.78 Å². The van der Waals surface area contributed by atoms with Gasteiger partial charge in [0.15, 0.2) is 5.69 Å². The zero-order valence-corrected chi connectivity index (χ0v) is 10.7. The highest BCUT2D eigenvalue weighted by Gasteiger charge is 2.12. The lowest BCUT2D eigenvalue weighted by molar-refractivity contribution is 0.0689. The maximum Gasteiger partial charge on any atom is 0.356 e. The number of rotatable bonds is 2. The molecule has 0 radical (unpaired) electrons. The third-order valence-corrected chi connectivity index (χ3v) is 2.91. The Balaban J connectivity index is 2.45. The number of aryl methyl sites for hydroxylation is 1. The fourth-order valence-corrected chi connectivity index (χ4v) is 1.76. The van der Waals surface area contributed by atoms with Crippen LogP contribution in [0.5, 0.6) is 0 Å². The molecular formula is C11H9IN2O2. The van der Waals surface area contributed by atoms with Crippen LogP contribution in [-0.4, -0.2) is 20.9 Å². The van der Waals surface area contributed by atoms with Crippen molar-refractivity contribution in [2.24, 2.45) is 0 Å². The van der Waals surface area contributed by atoms with E-state index in [1.807, 2.05) is 24.3 Å². The molecule has 1 heterocycles. The number of carboxylic acid groups (broad SMARTS) is 1. The molecule has 5 heteroatoms. The second kappa shape index (κ2) is 4.25. The summed E-state index contributed by atoms with van der Waals surface area (Å²) >= 11 is 2.21. The highest BCUT2D eigenvalue weighted by Crippen LogP contribution is 2.13. The van der Waals surface area contributed by atoms with E-state index in [0.29, 0.717) is 5.56 Å². The van der Waals surface area contributed by atoms with Crippen LogP contribution in [0.1, 0.15) is 16.1 Å². The molecule has 0 aliphatic carbocycles. The molecule has 0 atom stereocenters. The predicted molar refractivity (Wildman–Crippen MR) is 68.0 cm³/mol. The van der Waals surface area contributed by atoms with Gasteiger partial charge >= 0.3 is 5.97 Å². The van der Waals surface area contributed by atoms with Crippen LogP contribution in [0.4, 0.5) is 0 Å². The van der Waals surface area contributed by atoms with Crippen molar-refractivity contribution < 1.29 is 9.90 Å². The first-order valence-corrected chi connectivity index (χ1v) is 5.71. The quantitative estimate of drug-likeness (QED) is 0.862. The Hall–Kier alpha value is -1.37. The molecule has 0 bridgehead atoms. The number of carbonyl (C=O) groups is 1. The van der Waals surface area contributed by atoms with Crippen LogP contribution in [0.25, 0.3) is 5.69 Å². The van der Waals surface area contributed by atoms with E-state index in [-0.39, 0.29) is 5.69 Å². The molecule has 0 unspecified atom stereocenters. The van der Waals surface area contributed by atoms with Gasteiger partial charge in [0.05, 0.1) is 5.69 Å². The van der Waals surface area contributed by atoms with Gasteiger partial charge in [-0.25, -0.2) is 9.48 Å². The molecule has 0 amide bonds. The number of benzene rings is 1. The molecule has 1 aromatic carbocycles. The number of hydrogen-bond acceptors (Lipinski definition) is 2. The van der Waals surface area contributed by atoms with Crippen molar-refractivity contribution in [3.63, 3.8) is 0 Å². The number of nitrogens with zero attached hydrogens (tertiary/aromatic N) is 2. The molecule has 16 heavy (non-hydrogen) atoms. The van der Waals surface area contributed by atoms with Crippen LogP contribution in [0, 0.1) is 10.5 Å².